The molecule has 0 aliphatic rings. The molecule has 0 radical (unpaired) electrons. The molecule has 0 aromatic heterocycles. The summed E-state index contributed by atoms with van der Waals surface area (Å²) in [6.45, 7) is 0.180. The van der Waals surface area contributed by atoms with Gasteiger partial charge >= 0.3 is 0 Å². The second-order valence-electron chi connectivity index (χ2n) is 3.83. The molecular weight excluding hydrogens is 290 g/mol. The van der Waals surface area contributed by atoms with Crippen molar-refractivity contribution in [2.45, 2.75) is 6.61 Å². The van der Waals surface area contributed by atoms with E-state index in [1.165, 1.54) is 18.2 Å². The molecule has 0 amide bonds. The predicted octanol–water partition coefficient (Wildman–Crippen LogP) is 4.44. The van der Waals surface area contributed by atoms with Crippen LogP contribution in [0.3, 0.4) is 0 Å². The van der Waals surface area contributed by atoms with Crippen LogP contribution in [0.25, 0.3) is 0 Å². The molecule has 0 saturated carbocycles. The molecule has 2 nitrogen and oxygen atoms in total. The Balaban J connectivity index is 2.10. The van der Waals surface area contributed by atoms with Gasteiger partial charge in [0.05, 0.1) is 5.02 Å². The van der Waals surface area contributed by atoms with Crippen LogP contribution in [0, 0.1) is 5.82 Å². The quantitative estimate of drug-likeness (QED) is 0.780. The highest BCUT2D eigenvalue weighted by Crippen LogP contribution is 2.21. The average Bonchev–Trinajstić information content (AvgIpc) is 2.38. The third kappa shape index (κ3) is 3.69. The monoisotopic (exact) mass is 298 g/mol. The first-order chi connectivity index (χ1) is 9.06. The molecule has 98 valence electrons. The van der Waals surface area contributed by atoms with Crippen molar-refractivity contribution in [2.75, 3.05) is 0 Å². The number of carbonyl (C=O) groups excluding carboxylic acids is 1. The van der Waals surface area contributed by atoms with Crippen molar-refractivity contribution in [3.63, 3.8) is 0 Å². The number of ether oxygens (including phenoxy) is 1. The first-order valence-corrected chi connectivity index (χ1v) is 6.18. The average molecular weight is 299 g/mol. The summed E-state index contributed by atoms with van der Waals surface area (Å²) in [5.74, 6) is 0.0929. The Morgan fingerprint density at radius 2 is 2.00 bits per heavy atom. The fourth-order valence-corrected chi connectivity index (χ4v) is 1.85. The van der Waals surface area contributed by atoms with E-state index in [4.69, 9.17) is 27.9 Å². The molecule has 0 spiro atoms. The van der Waals surface area contributed by atoms with Gasteiger partial charge in [-0.05, 0) is 41.9 Å². The van der Waals surface area contributed by atoms with Crippen LogP contribution < -0.4 is 4.74 Å². The van der Waals surface area contributed by atoms with Crippen molar-refractivity contribution in [1.29, 1.82) is 0 Å². The van der Waals surface area contributed by atoms with Crippen LogP contribution in [0.2, 0.25) is 5.02 Å². The summed E-state index contributed by atoms with van der Waals surface area (Å²) >= 11 is 11.3. The zero-order valence-electron chi connectivity index (χ0n) is 9.70. The third-order valence-electron chi connectivity index (χ3n) is 2.47. The molecule has 0 unspecified atom stereocenters. The van der Waals surface area contributed by atoms with Gasteiger partial charge in [0.15, 0.2) is 0 Å². The number of hydrogen-bond acceptors (Lipinski definition) is 2. The number of benzene rings is 2. The summed E-state index contributed by atoms with van der Waals surface area (Å²) in [6.07, 6.45) is 0. The number of hydrogen-bond donors (Lipinski definition) is 0. The van der Waals surface area contributed by atoms with Crippen molar-refractivity contribution in [2.24, 2.45) is 0 Å². The summed E-state index contributed by atoms with van der Waals surface area (Å²) in [7, 11) is 0. The maximum atomic E-state index is 12.9. The van der Waals surface area contributed by atoms with Gasteiger partial charge in [-0.25, -0.2) is 4.39 Å². The van der Waals surface area contributed by atoms with Gasteiger partial charge in [-0.1, -0.05) is 23.7 Å². The maximum absolute atomic E-state index is 12.9. The smallest absolute Gasteiger partial charge is 0.252 e. The molecule has 0 bridgehead atoms. The van der Waals surface area contributed by atoms with Crippen LogP contribution in [-0.2, 0) is 6.61 Å². The Morgan fingerprint density at radius 1 is 1.21 bits per heavy atom. The van der Waals surface area contributed by atoms with Crippen molar-refractivity contribution >= 4 is 28.4 Å². The largest absolute Gasteiger partial charge is 0.489 e. The Morgan fingerprint density at radius 3 is 2.68 bits per heavy atom. The van der Waals surface area contributed by atoms with E-state index in [0.717, 1.165) is 0 Å². The summed E-state index contributed by atoms with van der Waals surface area (Å²) in [5, 5.41) is -0.255. The summed E-state index contributed by atoms with van der Waals surface area (Å²) < 4.78 is 18.4. The normalized spacial score (nSPS) is 10.3. The summed E-state index contributed by atoms with van der Waals surface area (Å²) in [4.78, 5) is 11.0. The van der Waals surface area contributed by atoms with Crippen LogP contribution in [0.1, 0.15) is 15.9 Å². The lowest BCUT2D eigenvalue weighted by Gasteiger charge is -2.08. The topological polar surface area (TPSA) is 26.3 Å². The first-order valence-electron chi connectivity index (χ1n) is 5.43. The fraction of sp³-hybridized carbons (Fsp3) is 0.0714. The van der Waals surface area contributed by atoms with E-state index in [1.54, 1.807) is 24.3 Å². The molecule has 0 saturated heterocycles. The molecule has 0 heterocycles. The minimum atomic E-state index is -0.551. The van der Waals surface area contributed by atoms with Crippen molar-refractivity contribution < 1.29 is 13.9 Å². The summed E-state index contributed by atoms with van der Waals surface area (Å²) in [6, 6.07) is 10.6. The number of carbonyl (C=O) groups is 1. The zero-order chi connectivity index (χ0) is 13.8. The van der Waals surface area contributed by atoms with E-state index >= 15 is 0 Å². The van der Waals surface area contributed by atoms with Gasteiger partial charge in [0, 0.05) is 11.1 Å². The first kappa shape index (κ1) is 13.8. The minimum Gasteiger partial charge on any atom is -0.489 e. The second-order valence-corrected chi connectivity index (χ2v) is 4.58. The van der Waals surface area contributed by atoms with Crippen LogP contribution in [0.4, 0.5) is 4.39 Å². The van der Waals surface area contributed by atoms with Crippen LogP contribution >= 0.6 is 23.2 Å². The standard InChI is InChI=1S/C14H9Cl2FO2/c15-13-7-11(17)5-4-10(13)8-19-12-3-1-2-9(6-12)14(16)18/h1-7H,8H2. The van der Waals surface area contributed by atoms with Crippen molar-refractivity contribution in [3.05, 3.63) is 64.4 Å². The van der Waals surface area contributed by atoms with E-state index in [0.29, 0.717) is 21.9 Å². The molecule has 5 heteroatoms. The highest BCUT2D eigenvalue weighted by Gasteiger charge is 2.05. The molecule has 0 atom stereocenters. The van der Waals surface area contributed by atoms with E-state index < -0.39 is 11.1 Å². The van der Waals surface area contributed by atoms with Crippen LogP contribution in [0.15, 0.2) is 42.5 Å². The predicted molar refractivity (Wildman–Crippen MR) is 72.4 cm³/mol. The number of halogens is 3. The Hall–Kier alpha value is -1.58. The molecular formula is C14H9Cl2FO2. The van der Waals surface area contributed by atoms with Gasteiger partial charge in [0.2, 0.25) is 0 Å². The molecule has 0 N–H and O–H groups in total. The molecule has 0 aliphatic heterocycles. The Kier molecular flexibility index (Phi) is 4.40. The van der Waals surface area contributed by atoms with E-state index in [1.807, 2.05) is 0 Å². The lowest BCUT2D eigenvalue weighted by molar-refractivity contribution is 0.108. The van der Waals surface area contributed by atoms with Crippen LogP contribution in [-0.4, -0.2) is 5.24 Å². The molecule has 0 aliphatic carbocycles. The van der Waals surface area contributed by atoms with Gasteiger partial charge in [0.1, 0.15) is 18.2 Å². The zero-order valence-corrected chi connectivity index (χ0v) is 11.2. The SMILES string of the molecule is O=C(Cl)c1cccc(OCc2ccc(F)cc2Cl)c1. The van der Waals surface area contributed by atoms with E-state index in [-0.39, 0.29) is 6.61 Å². The van der Waals surface area contributed by atoms with Gasteiger partial charge in [0.25, 0.3) is 5.24 Å². The van der Waals surface area contributed by atoms with E-state index in [2.05, 4.69) is 0 Å². The second kappa shape index (κ2) is 6.04. The van der Waals surface area contributed by atoms with Crippen molar-refractivity contribution in [1.82, 2.24) is 0 Å². The van der Waals surface area contributed by atoms with E-state index in [9.17, 15) is 9.18 Å². The highest BCUT2D eigenvalue weighted by atomic mass is 35.5. The lowest BCUT2D eigenvalue weighted by atomic mass is 10.2. The molecule has 2 rings (SSSR count). The Labute approximate surface area is 119 Å². The minimum absolute atomic E-state index is 0.180. The maximum Gasteiger partial charge on any atom is 0.252 e. The Bertz CT molecular complexity index is 614. The molecule has 2 aromatic carbocycles. The number of rotatable bonds is 4. The summed E-state index contributed by atoms with van der Waals surface area (Å²) in [5.41, 5.74) is 1.01. The van der Waals surface area contributed by atoms with Crippen molar-refractivity contribution in [3.8, 4) is 5.75 Å². The molecule has 0 fully saturated rings. The van der Waals surface area contributed by atoms with Gasteiger partial charge in [-0.3, -0.25) is 4.79 Å². The van der Waals surface area contributed by atoms with Gasteiger partial charge in [-0.2, -0.15) is 0 Å². The molecule has 19 heavy (non-hydrogen) atoms. The van der Waals surface area contributed by atoms with Gasteiger partial charge < -0.3 is 4.74 Å². The third-order valence-corrected chi connectivity index (χ3v) is 3.04. The van der Waals surface area contributed by atoms with Crippen LogP contribution in [0.5, 0.6) is 5.75 Å². The molecule has 2 aromatic rings. The fourth-order valence-electron chi connectivity index (χ4n) is 1.51. The van der Waals surface area contributed by atoms with Gasteiger partial charge in [-0.15, -0.1) is 0 Å². The highest BCUT2D eigenvalue weighted by molar-refractivity contribution is 6.67. The lowest BCUT2D eigenvalue weighted by Crippen LogP contribution is -1.98.